The number of carboxylic acid groups (broad SMARTS) is 2. The molecule has 0 aromatic heterocycles. The molecule has 2 unspecified atom stereocenters. The summed E-state index contributed by atoms with van der Waals surface area (Å²) >= 11 is -2.25. The fourth-order valence-corrected chi connectivity index (χ4v) is 4.39. The first-order valence-corrected chi connectivity index (χ1v) is 13.2. The van der Waals surface area contributed by atoms with E-state index in [0.717, 1.165) is 11.8 Å². The van der Waals surface area contributed by atoms with Crippen LogP contribution in [-0.2, 0) is 24.0 Å². The average molecular weight is 548 g/mol. The van der Waals surface area contributed by atoms with Crippen molar-refractivity contribution in [2.45, 2.75) is 24.9 Å². The second kappa shape index (κ2) is 14.5. The third kappa shape index (κ3) is 11.2. The smallest absolute Gasteiger partial charge is 0.480 e. The standard InChI is InChI=1S/C18H25AsN4O9S/c20-11(18(29)30)5-6-14(24)23-13(17(28)21-7-16(26)27)8-33-9-15(25)22-12-4-2-1-3-10(12)19(31)32/h1-4,11,13,31-32H,5-9,20H2,(H,21,28)(H,22,25)(H,23,24)(H,26,27)(H,29,30). The van der Waals surface area contributed by atoms with Gasteiger partial charge in [0, 0.05) is 0 Å². The van der Waals surface area contributed by atoms with Gasteiger partial charge >= 0.3 is 167 Å². The van der Waals surface area contributed by atoms with Gasteiger partial charge in [-0.15, -0.1) is 0 Å². The van der Waals surface area contributed by atoms with Crippen LogP contribution in [-0.4, -0.2) is 93.5 Å². The Hall–Kier alpha value is -2.64. The topological polar surface area (TPSA) is 228 Å². The Bertz CT molecular complexity index is 871. The van der Waals surface area contributed by atoms with Crippen molar-refractivity contribution in [1.29, 1.82) is 0 Å². The van der Waals surface area contributed by atoms with E-state index in [2.05, 4.69) is 16.0 Å². The van der Waals surface area contributed by atoms with Gasteiger partial charge in [0.05, 0.1) is 0 Å². The van der Waals surface area contributed by atoms with Crippen LogP contribution in [0.2, 0.25) is 0 Å². The van der Waals surface area contributed by atoms with Gasteiger partial charge in [-0.2, -0.15) is 0 Å². The van der Waals surface area contributed by atoms with Gasteiger partial charge in [0.2, 0.25) is 0 Å². The van der Waals surface area contributed by atoms with E-state index >= 15 is 0 Å². The Morgan fingerprint density at radius 3 is 2.33 bits per heavy atom. The minimum atomic E-state index is -3.22. The molecule has 182 valence electrons. The summed E-state index contributed by atoms with van der Waals surface area (Å²) in [5.74, 6) is -4.76. The Morgan fingerprint density at radius 2 is 1.73 bits per heavy atom. The van der Waals surface area contributed by atoms with E-state index in [1.165, 1.54) is 12.1 Å². The number of hydrogen-bond donors (Lipinski definition) is 8. The number of amides is 3. The van der Waals surface area contributed by atoms with Crippen molar-refractivity contribution in [3.8, 4) is 0 Å². The van der Waals surface area contributed by atoms with Crippen molar-refractivity contribution in [1.82, 2.24) is 10.6 Å². The summed E-state index contributed by atoms with van der Waals surface area (Å²) in [5, 5.41) is 24.5. The van der Waals surface area contributed by atoms with Crippen LogP contribution >= 0.6 is 11.8 Å². The predicted molar refractivity (Wildman–Crippen MR) is 120 cm³/mol. The van der Waals surface area contributed by atoms with Crippen LogP contribution in [0, 0.1) is 0 Å². The molecule has 0 aliphatic rings. The van der Waals surface area contributed by atoms with Crippen LogP contribution in [0.15, 0.2) is 24.3 Å². The minimum Gasteiger partial charge on any atom is -0.480 e. The summed E-state index contributed by atoms with van der Waals surface area (Å²) in [5.41, 5.74) is 5.60. The summed E-state index contributed by atoms with van der Waals surface area (Å²) in [4.78, 5) is 57.9. The van der Waals surface area contributed by atoms with Gasteiger partial charge in [-0.05, 0) is 0 Å². The van der Waals surface area contributed by atoms with Crippen LogP contribution in [0.4, 0.5) is 5.69 Å². The van der Waals surface area contributed by atoms with Crippen molar-refractivity contribution >= 4 is 66.8 Å². The summed E-state index contributed by atoms with van der Waals surface area (Å²) in [7, 11) is 0. The van der Waals surface area contributed by atoms with Crippen molar-refractivity contribution < 1.29 is 42.4 Å². The molecule has 9 N–H and O–H groups in total. The molecule has 0 fully saturated rings. The van der Waals surface area contributed by atoms with Crippen molar-refractivity contribution in [2.24, 2.45) is 5.73 Å². The van der Waals surface area contributed by atoms with Gasteiger partial charge in [0.1, 0.15) is 6.04 Å². The molecule has 1 rings (SSSR count). The van der Waals surface area contributed by atoms with Crippen LogP contribution < -0.4 is 26.0 Å². The first kappa shape index (κ1) is 28.4. The number of carbonyl (C=O) groups is 5. The molecular weight excluding hydrogens is 523 g/mol. The first-order valence-electron chi connectivity index (χ1n) is 9.43. The number of aliphatic carboxylic acids is 2. The van der Waals surface area contributed by atoms with Crippen LogP contribution in [0.25, 0.3) is 0 Å². The SMILES string of the molecule is NC(CCC(=O)NC(CSCC(=O)Nc1ccccc1[As](O)O)C(=O)NCC(=O)O)C(=O)O. The molecule has 0 radical (unpaired) electrons. The fourth-order valence-electron chi connectivity index (χ4n) is 2.35. The monoisotopic (exact) mass is 548 g/mol. The minimum absolute atomic E-state index is 0.0882. The van der Waals surface area contributed by atoms with Gasteiger partial charge in [-0.3, -0.25) is 9.59 Å². The molecule has 0 spiro atoms. The molecule has 15 heteroatoms. The predicted octanol–water partition coefficient (Wildman–Crippen LogP) is -3.08. The van der Waals surface area contributed by atoms with E-state index in [-0.39, 0.29) is 34.4 Å². The maximum absolute atomic E-state index is 12.2. The van der Waals surface area contributed by atoms with Crippen LogP contribution in [0.1, 0.15) is 12.8 Å². The molecule has 1 aromatic carbocycles. The number of benzene rings is 1. The fraction of sp³-hybridized carbons (Fsp3) is 0.389. The zero-order valence-electron chi connectivity index (χ0n) is 17.3. The Balaban J connectivity index is 2.66. The van der Waals surface area contributed by atoms with Gasteiger partial charge in [0.15, 0.2) is 0 Å². The van der Waals surface area contributed by atoms with Crippen LogP contribution in [0.3, 0.4) is 0 Å². The summed E-state index contributed by atoms with van der Waals surface area (Å²) in [6, 6.07) is 3.76. The quantitative estimate of drug-likeness (QED) is 0.109. The number of nitrogens with two attached hydrogens (primary N) is 1. The van der Waals surface area contributed by atoms with E-state index < -0.39 is 63.6 Å². The molecule has 3 amide bonds. The number of para-hydroxylation sites is 1. The Labute approximate surface area is 198 Å². The number of carboxylic acids is 2. The zero-order chi connectivity index (χ0) is 25.0. The molecule has 1 aromatic rings. The van der Waals surface area contributed by atoms with E-state index in [1.54, 1.807) is 12.1 Å². The third-order valence-corrected chi connectivity index (χ3v) is 6.73. The molecular formula is C18H25AsN4O9S. The number of anilines is 1. The number of nitrogens with one attached hydrogen (secondary N) is 3. The van der Waals surface area contributed by atoms with Crippen molar-refractivity contribution in [3.05, 3.63) is 24.3 Å². The van der Waals surface area contributed by atoms with E-state index in [0.29, 0.717) is 0 Å². The summed E-state index contributed by atoms with van der Waals surface area (Å²) < 4.78 is 19.2. The van der Waals surface area contributed by atoms with Gasteiger partial charge in [-0.1, -0.05) is 0 Å². The van der Waals surface area contributed by atoms with Crippen LogP contribution in [0.5, 0.6) is 0 Å². The number of rotatable bonds is 14. The molecule has 33 heavy (non-hydrogen) atoms. The zero-order valence-corrected chi connectivity index (χ0v) is 20.0. The first-order chi connectivity index (χ1) is 15.5. The maximum atomic E-state index is 12.2. The molecule has 0 saturated carbocycles. The van der Waals surface area contributed by atoms with Gasteiger partial charge < -0.3 is 15.9 Å². The van der Waals surface area contributed by atoms with Crippen molar-refractivity contribution in [2.75, 3.05) is 23.4 Å². The molecule has 0 aliphatic carbocycles. The summed E-state index contributed by atoms with van der Waals surface area (Å²) in [6.07, 6.45) is -0.439. The van der Waals surface area contributed by atoms with Gasteiger partial charge in [-0.25, -0.2) is 0 Å². The normalized spacial score (nSPS) is 12.5. The molecule has 0 heterocycles. The van der Waals surface area contributed by atoms with E-state index in [9.17, 15) is 32.2 Å². The Morgan fingerprint density at radius 1 is 1.06 bits per heavy atom. The molecule has 0 aliphatic heterocycles. The third-order valence-electron chi connectivity index (χ3n) is 3.98. The van der Waals surface area contributed by atoms with E-state index in [4.69, 9.17) is 15.9 Å². The van der Waals surface area contributed by atoms with Crippen molar-refractivity contribution in [3.63, 3.8) is 0 Å². The molecule has 2 atom stereocenters. The second-order valence-electron chi connectivity index (χ2n) is 6.58. The second-order valence-corrected chi connectivity index (χ2v) is 9.84. The molecule has 0 bridgehead atoms. The van der Waals surface area contributed by atoms with Gasteiger partial charge in [0.25, 0.3) is 0 Å². The number of carbonyl (C=O) groups excluding carboxylic acids is 3. The molecule has 0 saturated heterocycles. The number of thioether (sulfide) groups is 1. The molecule has 13 nitrogen and oxygen atoms in total. The Kier molecular flexibility index (Phi) is 12.5. The number of hydrogen-bond acceptors (Lipinski definition) is 9. The average Bonchev–Trinajstić information content (AvgIpc) is 2.75. The van der Waals surface area contributed by atoms with E-state index in [1.807, 2.05) is 0 Å². The summed E-state index contributed by atoms with van der Waals surface area (Å²) in [6.45, 7) is -0.676.